The maximum atomic E-state index is 5.23. The molecule has 6 nitrogen and oxygen atoms in total. The molecular weight excluding hydrogens is 1060 g/mol. The largest absolute Gasteiger partial charge is 1.00 e. The second kappa shape index (κ2) is 25.9. The number of aromatic nitrogens is 6. The van der Waals surface area contributed by atoms with Gasteiger partial charge in [-0.15, -0.1) is 0 Å². The summed E-state index contributed by atoms with van der Waals surface area (Å²) in [4.78, 5) is 0.474. The van der Waals surface area contributed by atoms with E-state index in [9.17, 15) is 0 Å². The van der Waals surface area contributed by atoms with Gasteiger partial charge in [-0.1, -0.05) is 206 Å². The third-order valence-electron chi connectivity index (χ3n) is 8.09. The van der Waals surface area contributed by atoms with Crippen LogP contribution in [0.3, 0.4) is 0 Å². The van der Waals surface area contributed by atoms with Gasteiger partial charge in [0.2, 0.25) is 0 Å². The van der Waals surface area contributed by atoms with Crippen molar-refractivity contribution in [3.8, 4) is 0 Å². The molecule has 0 saturated carbocycles. The van der Waals surface area contributed by atoms with E-state index in [0.717, 1.165) is 19.1 Å². The van der Waals surface area contributed by atoms with Gasteiger partial charge in [0.25, 0.3) is 0 Å². The number of rotatable bonds is 12. The first-order chi connectivity index (χ1) is 26.1. The molecule has 0 aliphatic rings. The number of allylic oxidation sites excluding steroid dienone is 2. The molecule has 0 amide bonds. The van der Waals surface area contributed by atoms with E-state index >= 15 is 0 Å². The summed E-state index contributed by atoms with van der Waals surface area (Å²) in [5, 5.41) is 21.0. The minimum atomic E-state index is -0.0693. The Balaban J connectivity index is 0. The second-order valence-electron chi connectivity index (χ2n) is 22.2. The third kappa shape index (κ3) is 28.9. The average Bonchev–Trinajstić information content (AvgIpc) is 3.67. The van der Waals surface area contributed by atoms with E-state index in [1.165, 1.54) is 41.1 Å². The minimum Gasteiger partial charge on any atom is -0.406 e. The Labute approximate surface area is 446 Å². The summed E-state index contributed by atoms with van der Waals surface area (Å²) in [6.45, 7) is 48.1. The zero-order valence-electron chi connectivity index (χ0n) is 40.6. The van der Waals surface area contributed by atoms with E-state index in [-0.39, 0.29) is 49.5 Å². The normalized spacial score (nSPS) is 13.9. The number of hydrogen-bond acceptors (Lipinski definition) is 12. The predicted molar refractivity (Wildman–Crippen MR) is 286 cm³/mol. The van der Waals surface area contributed by atoms with Crippen LogP contribution in [0.15, 0.2) is 24.7 Å². The Morgan fingerprint density at radius 1 is 0.650 bits per heavy atom. The molecule has 0 fully saturated rings. The molecule has 342 valence electrons. The number of alkyl halides is 2. The molecule has 18 heteroatoms. The van der Waals surface area contributed by atoms with Crippen LogP contribution < -0.4 is 29.6 Å². The van der Waals surface area contributed by atoms with Crippen LogP contribution in [0.1, 0.15) is 165 Å². The Hall–Kier alpha value is 1.96. The van der Waals surface area contributed by atoms with E-state index < -0.39 is 0 Å². The van der Waals surface area contributed by atoms with Crippen LogP contribution in [-0.4, -0.2) is 49.7 Å². The summed E-state index contributed by atoms with van der Waals surface area (Å²) >= 11 is 35.3. The van der Waals surface area contributed by atoms with Crippen molar-refractivity contribution in [3.05, 3.63) is 23.5 Å². The average molecular weight is 1140 g/mol. The quantitative estimate of drug-likeness (QED) is 0.0410. The second-order valence-corrected chi connectivity index (χ2v) is 34.0. The van der Waals surface area contributed by atoms with Gasteiger partial charge in [0.15, 0.2) is 16.6 Å². The summed E-state index contributed by atoms with van der Waals surface area (Å²) in [5.74, 6) is 0. The third-order valence-corrected chi connectivity index (χ3v) is 18.5. The summed E-state index contributed by atoms with van der Waals surface area (Å²) in [6.07, 6.45) is 5.93. The van der Waals surface area contributed by atoms with Crippen LogP contribution in [0, 0.1) is 44.4 Å². The van der Waals surface area contributed by atoms with Crippen molar-refractivity contribution in [2.75, 3.05) is 0 Å². The van der Waals surface area contributed by atoms with Gasteiger partial charge in [0, 0.05) is 19.1 Å². The van der Waals surface area contributed by atoms with Crippen molar-refractivity contribution in [2.45, 2.75) is 197 Å². The van der Waals surface area contributed by atoms with Gasteiger partial charge in [-0.3, -0.25) is 15.3 Å². The predicted octanol–water partition coefficient (Wildman–Crippen LogP) is 15.1. The number of nitrogens with one attached hydrogen (secondary N) is 3. The first kappa shape index (κ1) is 64.0. The fourth-order valence-electron chi connectivity index (χ4n) is 8.41. The smallest absolute Gasteiger partial charge is 0.406 e. The summed E-state index contributed by atoms with van der Waals surface area (Å²) in [6, 6.07) is 0. The fraction of sp³-hybridized carbons (Fsp3) is 0.810. The van der Waals surface area contributed by atoms with E-state index in [2.05, 4.69) is 239 Å². The maximum Gasteiger partial charge on any atom is 1.00 e. The first-order valence-electron chi connectivity index (χ1n) is 19.7. The van der Waals surface area contributed by atoms with Gasteiger partial charge in [-0.2, -0.15) is 15.3 Å². The number of halogens is 2. The molecule has 0 radical (unpaired) electrons. The molecule has 0 spiro atoms. The van der Waals surface area contributed by atoms with Gasteiger partial charge < -0.3 is 24.0 Å². The molecule has 2 unspecified atom stereocenters. The van der Waals surface area contributed by atoms with Crippen LogP contribution in [0.25, 0.3) is 0 Å². The van der Waals surface area contributed by atoms with Crippen molar-refractivity contribution in [3.63, 3.8) is 0 Å². The monoisotopic (exact) mass is 1130 g/mol. The molecule has 0 bridgehead atoms. The van der Waals surface area contributed by atoms with Crippen molar-refractivity contribution in [1.29, 1.82) is 0 Å². The van der Waals surface area contributed by atoms with E-state index in [0.29, 0.717) is 44.0 Å². The van der Waals surface area contributed by atoms with Gasteiger partial charge in [-0.05, 0) is 122 Å². The van der Waals surface area contributed by atoms with E-state index in [4.69, 9.17) is 24.4 Å². The van der Waals surface area contributed by atoms with Crippen molar-refractivity contribution in [1.82, 2.24) is 30.6 Å². The Morgan fingerprint density at radius 2 is 1.03 bits per heavy atom. The number of aromatic amines is 3. The molecule has 0 aliphatic carbocycles. The van der Waals surface area contributed by atoms with Crippen molar-refractivity contribution in [2.24, 2.45) is 32.5 Å². The van der Waals surface area contributed by atoms with Crippen molar-refractivity contribution >= 4 is 139 Å². The fourth-order valence-corrected chi connectivity index (χ4v) is 15.9. The van der Waals surface area contributed by atoms with E-state index in [1.807, 2.05) is 11.8 Å². The van der Waals surface area contributed by atoms with Crippen LogP contribution in [0.5, 0.6) is 0 Å². The molecule has 3 aromatic heterocycles. The standard InChI is InChI=1S/C16H26N4S6.C12H24Br2.C12H24.C2H2N2S3.Na/c1-14(2,3)8-15(4,5)9(23-12-19-17-10(21)24-12)16(6,7)26-13-20-18-11(22)25-13;1-10(2,3)8-11(4,5)9(13)12(6,7)14;1-10(2)8-12(6,7)9-11(3,4)5;5-1-3-4-2(6)7-1;/h9H,8H2,1-7H3,(H,17,21)(H,18,22);9H,8H2,1-7H3;8H,9H2,1-7H3;(H,3,5)(H,4,6);/q;;;;+1/p-1. The zero-order valence-corrected chi connectivity index (χ0v) is 53.1. The van der Waals surface area contributed by atoms with Crippen LogP contribution in [0.2, 0.25) is 0 Å². The Morgan fingerprint density at radius 3 is 1.33 bits per heavy atom. The van der Waals surface area contributed by atoms with Crippen molar-refractivity contribution < 1.29 is 29.6 Å². The van der Waals surface area contributed by atoms with Crippen LogP contribution in [0.4, 0.5) is 0 Å². The summed E-state index contributed by atoms with van der Waals surface area (Å²) in [5.41, 5.74) is 3.20. The molecule has 60 heavy (non-hydrogen) atoms. The van der Waals surface area contributed by atoms with E-state index in [1.54, 1.807) is 23.1 Å². The number of H-pyrrole nitrogens is 3. The zero-order chi connectivity index (χ0) is 46.8. The Kier molecular flexibility index (Phi) is 27.7. The van der Waals surface area contributed by atoms with Crippen LogP contribution >= 0.6 is 126 Å². The molecular formula is C42H75Br2N6NaS9. The molecule has 0 aliphatic heterocycles. The van der Waals surface area contributed by atoms with Crippen LogP contribution in [-0.2, 0) is 12.6 Å². The molecule has 3 N–H and O–H groups in total. The molecule has 0 saturated heterocycles. The van der Waals surface area contributed by atoms with Gasteiger partial charge >= 0.3 is 29.6 Å². The van der Waals surface area contributed by atoms with Gasteiger partial charge in [-0.25, -0.2) is 0 Å². The molecule has 0 aromatic carbocycles. The number of hydrogen-bond donors (Lipinski definition) is 3. The first-order valence-corrected chi connectivity index (χ1v) is 27.2. The molecule has 2 atom stereocenters. The van der Waals surface area contributed by atoms with Gasteiger partial charge in [0.1, 0.15) is 0 Å². The Bertz CT molecular complexity index is 1890. The molecule has 3 rings (SSSR count). The molecule has 3 heterocycles. The summed E-state index contributed by atoms with van der Waals surface area (Å²) in [7, 11) is 0. The summed E-state index contributed by atoms with van der Waals surface area (Å²) < 4.78 is 4.69. The topological polar surface area (TPSA) is 86.0 Å². The number of thioether (sulfide) groups is 2. The maximum absolute atomic E-state index is 5.23. The SMILES string of the molecule is CC(C)(C)CC(C)(C)C(Br)C(C)(C)Br.CC(C)(C)CC(C)(C)C(Sc1n[nH]c(=S)s1)C(C)(C)Sc1n[nH]c(=S)s1.CC(C)=CC(C)(C)CC(C)(C)C.S=c1[nH]nc([S-])s1.[Na+]. The number of nitrogens with zero attached hydrogens (tertiary/aromatic N) is 3. The van der Waals surface area contributed by atoms with Gasteiger partial charge in [0.05, 0.1) is 3.95 Å². The molecule has 3 aromatic rings. The minimum absolute atomic E-state index is 0.